The molecule has 136 valence electrons. The van der Waals surface area contributed by atoms with Crippen LogP contribution in [0.15, 0.2) is 51.8 Å². The molecular weight excluding hydrogens is 352 g/mol. The number of hydrogen-bond acceptors (Lipinski definition) is 6. The van der Waals surface area contributed by atoms with Crippen molar-refractivity contribution in [3.8, 4) is 6.07 Å². The average molecular weight is 366 g/mol. The number of para-hydroxylation sites is 1. The van der Waals surface area contributed by atoms with E-state index in [1.807, 2.05) is 18.2 Å². The summed E-state index contributed by atoms with van der Waals surface area (Å²) in [6, 6.07) is 11.2. The fraction of sp³-hybridized carbons (Fsp3) is 0.167. The van der Waals surface area contributed by atoms with Crippen molar-refractivity contribution in [3.63, 3.8) is 0 Å². The van der Waals surface area contributed by atoms with Crippen molar-refractivity contribution in [2.45, 2.75) is 19.5 Å². The van der Waals surface area contributed by atoms with E-state index in [0.29, 0.717) is 11.3 Å². The first kappa shape index (κ1) is 17.9. The lowest BCUT2D eigenvalue weighted by Crippen LogP contribution is -2.34. The Balaban J connectivity index is 1.79. The molecule has 0 aliphatic rings. The molecule has 0 fully saturated rings. The van der Waals surface area contributed by atoms with Gasteiger partial charge in [-0.25, -0.2) is 0 Å². The third-order valence-electron chi connectivity index (χ3n) is 3.97. The molecule has 1 amide bonds. The highest BCUT2D eigenvalue weighted by atomic mass is 16.6. The topological polar surface area (TPSA) is 131 Å². The van der Waals surface area contributed by atoms with Gasteiger partial charge in [0, 0.05) is 11.5 Å². The maximum absolute atomic E-state index is 12.3. The van der Waals surface area contributed by atoms with Gasteiger partial charge in [0.05, 0.1) is 17.2 Å². The Bertz CT molecular complexity index is 1110. The second kappa shape index (κ2) is 7.13. The molecule has 0 saturated heterocycles. The summed E-state index contributed by atoms with van der Waals surface area (Å²) in [5, 5.41) is 23.4. The molecule has 0 unspecified atom stereocenters. The zero-order valence-corrected chi connectivity index (χ0v) is 14.2. The van der Waals surface area contributed by atoms with Gasteiger partial charge in [-0.1, -0.05) is 18.2 Å². The van der Waals surface area contributed by atoms with Gasteiger partial charge in [-0.05, 0) is 19.1 Å². The number of amides is 1. The number of benzene rings is 1. The van der Waals surface area contributed by atoms with E-state index in [2.05, 4.69) is 5.32 Å². The first-order valence-corrected chi connectivity index (χ1v) is 7.96. The van der Waals surface area contributed by atoms with Gasteiger partial charge in [-0.3, -0.25) is 24.3 Å². The van der Waals surface area contributed by atoms with Crippen LogP contribution in [0.2, 0.25) is 0 Å². The first-order valence-electron chi connectivity index (χ1n) is 7.96. The summed E-state index contributed by atoms with van der Waals surface area (Å²) >= 11 is 0. The summed E-state index contributed by atoms with van der Waals surface area (Å²) in [4.78, 5) is 34.6. The van der Waals surface area contributed by atoms with Crippen LogP contribution in [0.5, 0.6) is 0 Å². The predicted octanol–water partition coefficient (Wildman–Crippen LogP) is 2.25. The highest BCUT2D eigenvalue weighted by molar-refractivity contribution is 5.79. The van der Waals surface area contributed by atoms with Crippen LogP contribution in [0.25, 0.3) is 11.0 Å². The van der Waals surface area contributed by atoms with E-state index >= 15 is 0 Å². The van der Waals surface area contributed by atoms with Crippen molar-refractivity contribution >= 4 is 22.6 Å². The zero-order chi connectivity index (χ0) is 19.6. The number of nitriles is 1. The lowest BCUT2D eigenvalue weighted by Gasteiger charge is -2.12. The third-order valence-corrected chi connectivity index (χ3v) is 3.97. The molecule has 1 N–H and O–H groups in total. The standard InChI is InChI=1S/C18H14N4O5/c1-11(16-7-12-4-2-3-5-15(12)27-16)20-17(23)10-21-9-14(22(25)26)6-13(8-19)18(21)24/h2-7,9,11H,10H2,1H3,(H,20,23)/t11-/m0/s1. The molecule has 0 saturated carbocycles. The van der Waals surface area contributed by atoms with E-state index in [4.69, 9.17) is 9.68 Å². The monoisotopic (exact) mass is 366 g/mol. The van der Waals surface area contributed by atoms with E-state index in [0.717, 1.165) is 22.2 Å². The van der Waals surface area contributed by atoms with Gasteiger partial charge in [0.15, 0.2) is 0 Å². The average Bonchev–Trinajstić information content (AvgIpc) is 3.07. The number of nitro groups is 1. The number of pyridine rings is 1. The molecule has 0 radical (unpaired) electrons. The molecule has 0 bridgehead atoms. The molecule has 2 aromatic heterocycles. The molecule has 1 aromatic carbocycles. The lowest BCUT2D eigenvalue weighted by molar-refractivity contribution is -0.385. The molecule has 3 rings (SSSR count). The second-order valence-electron chi connectivity index (χ2n) is 5.89. The summed E-state index contributed by atoms with van der Waals surface area (Å²) in [5.74, 6) is -0.0110. The Morgan fingerprint density at radius 2 is 2.15 bits per heavy atom. The van der Waals surface area contributed by atoms with E-state index < -0.39 is 40.2 Å². The van der Waals surface area contributed by atoms with Crippen molar-refractivity contribution in [1.29, 1.82) is 5.26 Å². The van der Waals surface area contributed by atoms with Crippen LogP contribution in [0.4, 0.5) is 5.69 Å². The van der Waals surface area contributed by atoms with Crippen LogP contribution in [0, 0.1) is 21.4 Å². The number of hydrogen-bond donors (Lipinski definition) is 1. The predicted molar refractivity (Wildman–Crippen MR) is 94.8 cm³/mol. The third kappa shape index (κ3) is 3.69. The zero-order valence-electron chi connectivity index (χ0n) is 14.2. The fourth-order valence-electron chi connectivity index (χ4n) is 2.65. The lowest BCUT2D eigenvalue weighted by atomic mass is 10.2. The maximum Gasteiger partial charge on any atom is 0.287 e. The molecule has 3 aromatic rings. The van der Waals surface area contributed by atoms with Crippen molar-refractivity contribution < 1.29 is 14.1 Å². The number of fused-ring (bicyclic) bond motifs is 1. The Morgan fingerprint density at radius 1 is 1.41 bits per heavy atom. The van der Waals surface area contributed by atoms with E-state index in [-0.39, 0.29) is 0 Å². The van der Waals surface area contributed by atoms with Crippen LogP contribution in [0.3, 0.4) is 0 Å². The number of furan rings is 1. The highest BCUT2D eigenvalue weighted by Gasteiger charge is 2.18. The van der Waals surface area contributed by atoms with Crippen molar-refractivity contribution in [2.24, 2.45) is 0 Å². The van der Waals surface area contributed by atoms with Gasteiger partial charge in [0.25, 0.3) is 11.2 Å². The van der Waals surface area contributed by atoms with Crippen LogP contribution < -0.4 is 10.9 Å². The Hall–Kier alpha value is -3.93. The van der Waals surface area contributed by atoms with Gasteiger partial charge in [0.2, 0.25) is 5.91 Å². The number of carbonyl (C=O) groups is 1. The van der Waals surface area contributed by atoms with Gasteiger partial charge < -0.3 is 9.73 Å². The number of nitrogens with one attached hydrogen (secondary N) is 1. The Labute approximate surface area is 152 Å². The molecule has 9 heteroatoms. The minimum atomic E-state index is -0.769. The van der Waals surface area contributed by atoms with Crippen molar-refractivity contribution in [2.75, 3.05) is 0 Å². The quantitative estimate of drug-likeness (QED) is 0.544. The van der Waals surface area contributed by atoms with Crippen LogP contribution in [0.1, 0.15) is 24.3 Å². The van der Waals surface area contributed by atoms with Gasteiger partial charge in [0.1, 0.15) is 29.5 Å². The number of nitrogens with zero attached hydrogens (tertiary/aromatic N) is 3. The van der Waals surface area contributed by atoms with Gasteiger partial charge in [-0.15, -0.1) is 0 Å². The van der Waals surface area contributed by atoms with Crippen molar-refractivity contribution in [3.05, 3.63) is 74.4 Å². The molecule has 2 heterocycles. The minimum Gasteiger partial charge on any atom is -0.459 e. The molecule has 27 heavy (non-hydrogen) atoms. The second-order valence-corrected chi connectivity index (χ2v) is 5.89. The molecule has 0 aliphatic heterocycles. The normalized spacial score (nSPS) is 11.7. The number of aromatic nitrogens is 1. The summed E-state index contributed by atoms with van der Waals surface area (Å²) in [7, 11) is 0. The Kier molecular flexibility index (Phi) is 4.72. The summed E-state index contributed by atoms with van der Waals surface area (Å²) in [6.07, 6.45) is 0.939. The molecular formula is C18H14N4O5. The van der Waals surface area contributed by atoms with Gasteiger partial charge in [-0.2, -0.15) is 5.26 Å². The molecule has 1 atom stereocenters. The van der Waals surface area contributed by atoms with Gasteiger partial charge >= 0.3 is 0 Å². The molecule has 0 spiro atoms. The minimum absolute atomic E-state index is 0.401. The van der Waals surface area contributed by atoms with Crippen molar-refractivity contribution in [1.82, 2.24) is 9.88 Å². The highest BCUT2D eigenvalue weighted by Crippen LogP contribution is 2.23. The van der Waals surface area contributed by atoms with E-state index in [9.17, 15) is 19.7 Å². The fourth-order valence-corrected chi connectivity index (χ4v) is 2.65. The largest absolute Gasteiger partial charge is 0.459 e. The van der Waals surface area contributed by atoms with Crippen LogP contribution >= 0.6 is 0 Å². The summed E-state index contributed by atoms with van der Waals surface area (Å²) in [5.41, 5.74) is -0.927. The van der Waals surface area contributed by atoms with Crippen LogP contribution in [-0.4, -0.2) is 15.4 Å². The first-order chi connectivity index (χ1) is 12.9. The van der Waals surface area contributed by atoms with E-state index in [1.54, 1.807) is 25.1 Å². The SMILES string of the molecule is C[C@H](NC(=O)Cn1cc([N+](=O)[O-])cc(C#N)c1=O)c1cc2ccccc2o1. The maximum atomic E-state index is 12.3. The molecule has 0 aliphatic carbocycles. The smallest absolute Gasteiger partial charge is 0.287 e. The van der Waals surface area contributed by atoms with Crippen LogP contribution in [-0.2, 0) is 11.3 Å². The Morgan fingerprint density at radius 3 is 2.81 bits per heavy atom. The number of rotatable bonds is 5. The molecule has 9 nitrogen and oxygen atoms in total. The van der Waals surface area contributed by atoms with E-state index in [1.165, 1.54) is 0 Å². The summed E-state index contributed by atoms with van der Waals surface area (Å²) in [6.45, 7) is 1.26. The number of carbonyl (C=O) groups excluding carboxylic acids is 1. The summed E-state index contributed by atoms with van der Waals surface area (Å²) < 4.78 is 6.52.